The number of halogens is 3. The second-order valence-electron chi connectivity index (χ2n) is 8.15. The van der Waals surface area contributed by atoms with Crippen molar-refractivity contribution in [2.75, 3.05) is 13.2 Å². The molecule has 3 aromatic rings. The summed E-state index contributed by atoms with van der Waals surface area (Å²) in [4.78, 5) is 18.7. The van der Waals surface area contributed by atoms with E-state index in [4.69, 9.17) is 4.74 Å². The van der Waals surface area contributed by atoms with Gasteiger partial charge in [-0.1, -0.05) is 0 Å². The minimum atomic E-state index is -1.59. The third kappa shape index (κ3) is 4.59. The Bertz CT molecular complexity index is 1160. The lowest BCUT2D eigenvalue weighted by atomic mass is 10.00. The smallest absolute Gasteiger partial charge is 0.264 e. The number of ether oxygens (including phenoxy) is 1. The SMILES string of the molecule is Cc1cn(-c2ccc(OC3CCCN(C(CO)c4cc(F)c(F)c(F)c4)C3=O)cc2C)cn1. The average molecular weight is 459 g/mol. The largest absolute Gasteiger partial charge is 0.481 e. The van der Waals surface area contributed by atoms with Gasteiger partial charge in [-0.05, 0) is 68.1 Å². The predicted octanol–water partition coefficient (Wildman–Crippen LogP) is 4.01. The molecule has 1 aliphatic heterocycles. The number of amides is 1. The lowest BCUT2D eigenvalue weighted by Gasteiger charge is -2.37. The normalized spacial score (nSPS) is 17.3. The molecule has 1 aliphatic rings. The molecule has 1 aromatic heterocycles. The molecule has 4 rings (SSSR count). The molecule has 2 aromatic carbocycles. The molecule has 0 spiro atoms. The maximum atomic E-state index is 13.7. The van der Waals surface area contributed by atoms with Gasteiger partial charge in [-0.15, -0.1) is 0 Å². The Morgan fingerprint density at radius 1 is 1.18 bits per heavy atom. The van der Waals surface area contributed by atoms with Crippen molar-refractivity contribution < 1.29 is 27.8 Å². The van der Waals surface area contributed by atoms with Crippen LogP contribution in [0.5, 0.6) is 5.75 Å². The quantitative estimate of drug-likeness (QED) is 0.566. The fourth-order valence-electron chi connectivity index (χ4n) is 4.14. The van der Waals surface area contributed by atoms with Crippen molar-refractivity contribution in [3.8, 4) is 11.4 Å². The number of hydrogen-bond donors (Lipinski definition) is 1. The highest BCUT2D eigenvalue weighted by Crippen LogP contribution is 2.30. The number of hydrogen-bond acceptors (Lipinski definition) is 4. The summed E-state index contributed by atoms with van der Waals surface area (Å²) in [5.41, 5.74) is 2.73. The first kappa shape index (κ1) is 22.8. The van der Waals surface area contributed by atoms with Crippen LogP contribution in [-0.2, 0) is 4.79 Å². The molecule has 1 fully saturated rings. The number of nitrogens with zero attached hydrogens (tertiary/aromatic N) is 3. The first-order chi connectivity index (χ1) is 15.8. The van der Waals surface area contributed by atoms with Crippen molar-refractivity contribution in [3.05, 3.63) is 77.1 Å². The van der Waals surface area contributed by atoms with Crippen LogP contribution in [0.15, 0.2) is 42.9 Å². The second kappa shape index (κ2) is 9.27. The minimum Gasteiger partial charge on any atom is -0.481 e. The van der Waals surface area contributed by atoms with E-state index in [0.29, 0.717) is 18.6 Å². The van der Waals surface area contributed by atoms with E-state index in [0.717, 1.165) is 29.1 Å². The van der Waals surface area contributed by atoms with Gasteiger partial charge in [0.2, 0.25) is 0 Å². The van der Waals surface area contributed by atoms with E-state index in [-0.39, 0.29) is 12.1 Å². The van der Waals surface area contributed by atoms with Crippen molar-refractivity contribution in [3.63, 3.8) is 0 Å². The minimum absolute atomic E-state index is 0.0151. The van der Waals surface area contributed by atoms with E-state index in [9.17, 15) is 23.1 Å². The molecule has 1 saturated heterocycles. The van der Waals surface area contributed by atoms with E-state index in [1.165, 1.54) is 4.90 Å². The van der Waals surface area contributed by atoms with Gasteiger partial charge in [0.25, 0.3) is 5.91 Å². The number of carbonyl (C=O) groups excluding carboxylic acids is 1. The monoisotopic (exact) mass is 459 g/mol. The Hall–Kier alpha value is -3.33. The van der Waals surface area contributed by atoms with Crippen molar-refractivity contribution >= 4 is 5.91 Å². The van der Waals surface area contributed by atoms with Gasteiger partial charge >= 0.3 is 0 Å². The summed E-state index contributed by atoms with van der Waals surface area (Å²) >= 11 is 0. The number of aromatic nitrogens is 2. The molecule has 0 radical (unpaired) electrons. The van der Waals surface area contributed by atoms with Crippen LogP contribution in [-0.4, -0.2) is 44.7 Å². The molecular formula is C24H24F3N3O3. The van der Waals surface area contributed by atoms with Gasteiger partial charge in [-0.25, -0.2) is 18.2 Å². The molecule has 2 atom stereocenters. The van der Waals surface area contributed by atoms with Gasteiger partial charge in [-0.2, -0.15) is 0 Å². The Kier molecular flexibility index (Phi) is 6.42. The van der Waals surface area contributed by atoms with Crippen LogP contribution in [0.25, 0.3) is 5.69 Å². The topological polar surface area (TPSA) is 67.6 Å². The molecule has 6 nitrogen and oxygen atoms in total. The van der Waals surface area contributed by atoms with Gasteiger partial charge in [0.05, 0.1) is 24.7 Å². The highest BCUT2D eigenvalue weighted by atomic mass is 19.2. The number of carbonyl (C=O) groups is 1. The first-order valence-corrected chi connectivity index (χ1v) is 10.6. The van der Waals surface area contributed by atoms with E-state index < -0.39 is 42.1 Å². The van der Waals surface area contributed by atoms with Crippen molar-refractivity contribution in [2.45, 2.75) is 38.8 Å². The van der Waals surface area contributed by atoms with Crippen LogP contribution >= 0.6 is 0 Å². The molecule has 174 valence electrons. The molecule has 2 unspecified atom stereocenters. The van der Waals surface area contributed by atoms with Crippen molar-refractivity contribution in [1.82, 2.24) is 14.5 Å². The highest BCUT2D eigenvalue weighted by molar-refractivity contribution is 5.82. The van der Waals surface area contributed by atoms with E-state index in [1.54, 1.807) is 12.4 Å². The molecule has 33 heavy (non-hydrogen) atoms. The van der Waals surface area contributed by atoms with Crippen molar-refractivity contribution in [2.24, 2.45) is 0 Å². The molecule has 0 bridgehead atoms. The first-order valence-electron chi connectivity index (χ1n) is 10.6. The fraction of sp³-hybridized carbons (Fsp3) is 0.333. The zero-order valence-electron chi connectivity index (χ0n) is 18.3. The summed E-state index contributed by atoms with van der Waals surface area (Å²) in [5, 5.41) is 9.87. The Morgan fingerprint density at radius 2 is 1.91 bits per heavy atom. The molecule has 0 saturated carbocycles. The summed E-state index contributed by atoms with van der Waals surface area (Å²) < 4.78 is 48.7. The summed E-state index contributed by atoms with van der Waals surface area (Å²) in [6, 6.07) is 6.05. The lowest BCUT2D eigenvalue weighted by Crippen LogP contribution is -2.49. The second-order valence-corrected chi connectivity index (χ2v) is 8.15. The lowest BCUT2D eigenvalue weighted by molar-refractivity contribution is -0.146. The number of piperidine rings is 1. The average Bonchev–Trinajstić information content (AvgIpc) is 3.21. The van der Waals surface area contributed by atoms with Crippen LogP contribution in [0.3, 0.4) is 0 Å². The molecular weight excluding hydrogens is 435 g/mol. The number of rotatable bonds is 6. The van der Waals surface area contributed by atoms with E-state index >= 15 is 0 Å². The third-order valence-corrected chi connectivity index (χ3v) is 5.80. The number of aliphatic hydroxyl groups excluding tert-OH is 1. The van der Waals surface area contributed by atoms with Crippen LogP contribution < -0.4 is 4.74 Å². The van der Waals surface area contributed by atoms with Crippen LogP contribution in [0, 0.1) is 31.3 Å². The van der Waals surface area contributed by atoms with Gasteiger partial charge in [0.15, 0.2) is 23.6 Å². The zero-order chi connectivity index (χ0) is 23.7. The van der Waals surface area contributed by atoms with Crippen LogP contribution in [0.1, 0.15) is 35.7 Å². The van der Waals surface area contributed by atoms with Gasteiger partial charge < -0.3 is 19.3 Å². The maximum Gasteiger partial charge on any atom is 0.264 e. The van der Waals surface area contributed by atoms with Gasteiger partial charge in [-0.3, -0.25) is 4.79 Å². The molecule has 0 aliphatic carbocycles. The van der Waals surface area contributed by atoms with Crippen molar-refractivity contribution in [1.29, 1.82) is 0 Å². The third-order valence-electron chi connectivity index (χ3n) is 5.80. The Labute approximate surface area is 189 Å². The number of aryl methyl sites for hydroxylation is 2. The number of aliphatic hydroxyl groups is 1. The summed E-state index contributed by atoms with van der Waals surface area (Å²) in [6.45, 7) is 3.54. The molecule has 2 heterocycles. The fourth-order valence-corrected chi connectivity index (χ4v) is 4.14. The standard InChI is InChI=1S/C24H24F3N3O3/c1-14-8-17(5-6-20(14)29-11-15(2)28-13-29)33-22-4-3-7-30(24(22)32)21(12-31)16-9-18(25)23(27)19(26)10-16/h5-6,8-11,13,21-22,31H,3-4,7,12H2,1-2H3. The molecule has 1 amide bonds. The Balaban J connectivity index is 1.53. The molecule has 9 heteroatoms. The van der Waals surface area contributed by atoms with E-state index in [1.807, 2.05) is 36.7 Å². The summed E-state index contributed by atoms with van der Waals surface area (Å²) in [6.07, 6.45) is 3.84. The zero-order valence-corrected chi connectivity index (χ0v) is 18.3. The van der Waals surface area contributed by atoms with Gasteiger partial charge in [0.1, 0.15) is 5.75 Å². The molecule has 1 N–H and O–H groups in total. The van der Waals surface area contributed by atoms with Crippen LogP contribution in [0.4, 0.5) is 13.2 Å². The number of benzene rings is 2. The highest BCUT2D eigenvalue weighted by Gasteiger charge is 2.35. The number of imidazole rings is 1. The number of likely N-dealkylation sites (tertiary alicyclic amines) is 1. The van der Waals surface area contributed by atoms with Gasteiger partial charge in [0, 0.05) is 18.4 Å². The Morgan fingerprint density at radius 3 is 2.52 bits per heavy atom. The van der Waals surface area contributed by atoms with Crippen LogP contribution in [0.2, 0.25) is 0 Å². The summed E-state index contributed by atoms with van der Waals surface area (Å²) in [5.74, 6) is -4.23. The maximum absolute atomic E-state index is 13.7. The van der Waals surface area contributed by atoms with E-state index in [2.05, 4.69) is 4.98 Å². The predicted molar refractivity (Wildman–Crippen MR) is 115 cm³/mol. The summed E-state index contributed by atoms with van der Waals surface area (Å²) in [7, 11) is 0.